The van der Waals surface area contributed by atoms with E-state index < -0.39 is 0 Å². The minimum atomic E-state index is -0.120. The number of benzene rings is 2. The molecule has 2 rings (SSSR count). The number of hydrogen-bond acceptors (Lipinski definition) is 4. The highest BCUT2D eigenvalue weighted by atomic mass is 16.5. The van der Waals surface area contributed by atoms with Crippen molar-refractivity contribution in [2.24, 2.45) is 0 Å². The quantitative estimate of drug-likeness (QED) is 0.861. The summed E-state index contributed by atoms with van der Waals surface area (Å²) in [5.41, 5.74) is 2.69. The molecule has 0 heterocycles. The lowest BCUT2D eigenvalue weighted by molar-refractivity contribution is -0.114. The van der Waals surface area contributed by atoms with E-state index in [2.05, 4.69) is 10.6 Å². The van der Waals surface area contributed by atoms with Gasteiger partial charge in [-0.15, -0.1) is 0 Å². The number of nitrogens with one attached hydrogen (secondary N) is 2. The van der Waals surface area contributed by atoms with Gasteiger partial charge in [-0.2, -0.15) is 0 Å². The summed E-state index contributed by atoms with van der Waals surface area (Å²) in [6.07, 6.45) is 0. The van der Waals surface area contributed by atoms with Crippen molar-refractivity contribution in [3.63, 3.8) is 0 Å². The molecule has 0 bridgehead atoms. The molecule has 0 spiro atoms. The molecule has 0 unspecified atom stereocenters. The number of hydrogen-bond donors (Lipinski definition) is 2. The topological polar surface area (TPSA) is 59.6 Å². The molecular weight excluding hydrogens is 280 g/mol. The molecule has 2 aromatic rings. The number of amides is 1. The monoisotopic (exact) mass is 300 g/mol. The van der Waals surface area contributed by atoms with Crippen molar-refractivity contribution < 1.29 is 14.3 Å². The standard InChI is InChI=1S/C17H20N2O3/c1-12-4-6-13(7-5-12)19-17(20)11-18-14-8-15(21-2)10-16(9-14)22-3/h4-10,18H,11H2,1-3H3,(H,19,20). The third-order valence-corrected chi connectivity index (χ3v) is 3.14. The van der Waals surface area contributed by atoms with E-state index in [-0.39, 0.29) is 12.5 Å². The number of methoxy groups -OCH3 is 2. The Bertz CT molecular complexity index is 617. The second-order valence-electron chi connectivity index (χ2n) is 4.87. The molecule has 116 valence electrons. The van der Waals surface area contributed by atoms with Gasteiger partial charge in [0.05, 0.1) is 20.8 Å². The zero-order chi connectivity index (χ0) is 15.9. The first-order chi connectivity index (χ1) is 10.6. The van der Waals surface area contributed by atoms with E-state index >= 15 is 0 Å². The molecule has 1 amide bonds. The minimum absolute atomic E-state index is 0.120. The van der Waals surface area contributed by atoms with Crippen molar-refractivity contribution in [2.45, 2.75) is 6.92 Å². The number of anilines is 2. The van der Waals surface area contributed by atoms with E-state index in [1.807, 2.05) is 43.3 Å². The van der Waals surface area contributed by atoms with E-state index in [9.17, 15) is 4.79 Å². The predicted octanol–water partition coefficient (Wildman–Crippen LogP) is 3.06. The summed E-state index contributed by atoms with van der Waals surface area (Å²) in [4.78, 5) is 11.9. The van der Waals surface area contributed by atoms with Crippen LogP contribution in [0.4, 0.5) is 11.4 Å². The van der Waals surface area contributed by atoms with Crippen LogP contribution in [0, 0.1) is 6.92 Å². The summed E-state index contributed by atoms with van der Waals surface area (Å²) in [5.74, 6) is 1.22. The Kier molecular flexibility index (Phi) is 5.25. The molecule has 0 atom stereocenters. The molecule has 2 aromatic carbocycles. The lowest BCUT2D eigenvalue weighted by Crippen LogP contribution is -2.21. The fraction of sp³-hybridized carbons (Fsp3) is 0.235. The number of carbonyl (C=O) groups is 1. The minimum Gasteiger partial charge on any atom is -0.497 e. The van der Waals surface area contributed by atoms with E-state index in [1.54, 1.807) is 20.3 Å². The molecule has 0 fully saturated rings. The molecule has 0 aromatic heterocycles. The second-order valence-corrected chi connectivity index (χ2v) is 4.87. The fourth-order valence-corrected chi connectivity index (χ4v) is 1.93. The van der Waals surface area contributed by atoms with Crippen LogP contribution in [0.5, 0.6) is 11.5 Å². The number of carbonyl (C=O) groups excluding carboxylic acids is 1. The molecule has 0 saturated carbocycles. The normalized spacial score (nSPS) is 9.95. The average Bonchev–Trinajstić information content (AvgIpc) is 2.54. The van der Waals surface area contributed by atoms with Crippen molar-refractivity contribution >= 4 is 17.3 Å². The molecule has 0 aliphatic heterocycles. The van der Waals surface area contributed by atoms with Crippen LogP contribution in [0.3, 0.4) is 0 Å². The molecule has 22 heavy (non-hydrogen) atoms. The van der Waals surface area contributed by atoms with Gasteiger partial charge in [0, 0.05) is 29.6 Å². The molecule has 0 radical (unpaired) electrons. The first kappa shape index (κ1) is 15.7. The van der Waals surface area contributed by atoms with Gasteiger partial charge in [0.1, 0.15) is 11.5 Å². The molecule has 5 nitrogen and oxygen atoms in total. The molecular formula is C17H20N2O3. The van der Waals surface area contributed by atoms with Crippen LogP contribution in [0.25, 0.3) is 0 Å². The van der Waals surface area contributed by atoms with Crippen molar-refractivity contribution in [3.05, 3.63) is 48.0 Å². The van der Waals surface area contributed by atoms with E-state index in [0.717, 1.165) is 16.9 Å². The Morgan fingerprint density at radius 2 is 1.55 bits per heavy atom. The molecule has 0 aliphatic carbocycles. The highest BCUT2D eigenvalue weighted by Crippen LogP contribution is 2.25. The van der Waals surface area contributed by atoms with Gasteiger partial charge < -0.3 is 20.1 Å². The van der Waals surface area contributed by atoms with Crippen LogP contribution >= 0.6 is 0 Å². The van der Waals surface area contributed by atoms with Crippen LogP contribution in [-0.4, -0.2) is 26.7 Å². The van der Waals surface area contributed by atoms with Gasteiger partial charge in [-0.05, 0) is 19.1 Å². The number of rotatable bonds is 6. The third-order valence-electron chi connectivity index (χ3n) is 3.14. The molecule has 2 N–H and O–H groups in total. The largest absolute Gasteiger partial charge is 0.497 e. The van der Waals surface area contributed by atoms with Crippen LogP contribution in [-0.2, 0) is 4.79 Å². The van der Waals surface area contributed by atoms with Crippen LogP contribution in [0.15, 0.2) is 42.5 Å². The first-order valence-corrected chi connectivity index (χ1v) is 6.94. The first-order valence-electron chi connectivity index (χ1n) is 6.94. The summed E-state index contributed by atoms with van der Waals surface area (Å²) in [5, 5.41) is 5.89. The number of ether oxygens (including phenoxy) is 2. The summed E-state index contributed by atoms with van der Waals surface area (Å²) < 4.78 is 10.4. The van der Waals surface area contributed by atoms with Crippen molar-refractivity contribution in [1.82, 2.24) is 0 Å². The predicted molar refractivity (Wildman–Crippen MR) is 87.8 cm³/mol. The van der Waals surface area contributed by atoms with Crippen molar-refractivity contribution in [1.29, 1.82) is 0 Å². The maximum absolute atomic E-state index is 11.9. The maximum Gasteiger partial charge on any atom is 0.243 e. The van der Waals surface area contributed by atoms with E-state index in [4.69, 9.17) is 9.47 Å². The van der Waals surface area contributed by atoms with Gasteiger partial charge in [0.15, 0.2) is 0 Å². The number of aryl methyl sites for hydroxylation is 1. The summed E-state index contributed by atoms with van der Waals surface area (Å²) >= 11 is 0. The van der Waals surface area contributed by atoms with Crippen molar-refractivity contribution in [3.8, 4) is 11.5 Å². The average molecular weight is 300 g/mol. The smallest absolute Gasteiger partial charge is 0.243 e. The van der Waals surface area contributed by atoms with Crippen LogP contribution in [0.1, 0.15) is 5.56 Å². The SMILES string of the molecule is COc1cc(NCC(=O)Nc2ccc(C)cc2)cc(OC)c1. The third kappa shape index (κ3) is 4.41. The van der Waals surface area contributed by atoms with Gasteiger partial charge in [-0.25, -0.2) is 0 Å². The van der Waals surface area contributed by atoms with E-state index in [0.29, 0.717) is 11.5 Å². The van der Waals surface area contributed by atoms with Crippen molar-refractivity contribution in [2.75, 3.05) is 31.4 Å². The van der Waals surface area contributed by atoms with E-state index in [1.165, 1.54) is 0 Å². The zero-order valence-electron chi connectivity index (χ0n) is 13.0. The van der Waals surface area contributed by atoms with Gasteiger partial charge in [-0.3, -0.25) is 4.79 Å². The molecule has 5 heteroatoms. The Morgan fingerprint density at radius 3 is 2.09 bits per heavy atom. The highest BCUT2D eigenvalue weighted by Gasteiger charge is 2.05. The lowest BCUT2D eigenvalue weighted by Gasteiger charge is -2.11. The van der Waals surface area contributed by atoms with Crippen LogP contribution in [0.2, 0.25) is 0 Å². The maximum atomic E-state index is 11.9. The second kappa shape index (κ2) is 7.36. The lowest BCUT2D eigenvalue weighted by atomic mass is 10.2. The molecule has 0 saturated heterocycles. The summed E-state index contributed by atoms with van der Waals surface area (Å²) in [6.45, 7) is 2.16. The summed E-state index contributed by atoms with van der Waals surface area (Å²) in [7, 11) is 3.17. The molecule has 0 aliphatic rings. The van der Waals surface area contributed by atoms with Crippen LogP contribution < -0.4 is 20.1 Å². The van der Waals surface area contributed by atoms with Gasteiger partial charge in [-0.1, -0.05) is 17.7 Å². The fourth-order valence-electron chi connectivity index (χ4n) is 1.93. The Morgan fingerprint density at radius 1 is 0.955 bits per heavy atom. The Labute approximate surface area is 130 Å². The van der Waals surface area contributed by atoms with Gasteiger partial charge in [0.2, 0.25) is 5.91 Å². The Balaban J connectivity index is 1.94. The summed E-state index contributed by atoms with van der Waals surface area (Å²) in [6, 6.07) is 13.1. The van der Waals surface area contributed by atoms with Gasteiger partial charge >= 0.3 is 0 Å². The highest BCUT2D eigenvalue weighted by molar-refractivity contribution is 5.93. The van der Waals surface area contributed by atoms with Gasteiger partial charge in [0.25, 0.3) is 0 Å². The zero-order valence-corrected chi connectivity index (χ0v) is 13.0. The Hall–Kier alpha value is -2.69.